The van der Waals surface area contributed by atoms with E-state index in [2.05, 4.69) is 4.98 Å². The van der Waals surface area contributed by atoms with Crippen molar-refractivity contribution >= 4 is 45.7 Å². The molecule has 0 aliphatic carbocycles. The number of hydrogen-bond acceptors (Lipinski definition) is 2. The molecule has 102 valence electrons. The Hall–Kier alpha value is -0.540. The molecule has 5 heteroatoms. The predicted molar refractivity (Wildman–Crippen MR) is 83.5 cm³/mol. The number of halogens is 3. The molecule has 1 aromatic heterocycles. The lowest BCUT2D eigenvalue weighted by atomic mass is 10.0. The summed E-state index contributed by atoms with van der Waals surface area (Å²) in [7, 11) is 0. The van der Waals surface area contributed by atoms with Gasteiger partial charge in [0.1, 0.15) is 0 Å². The van der Waals surface area contributed by atoms with Crippen LogP contribution < -0.4 is 5.73 Å². The van der Waals surface area contributed by atoms with Crippen LogP contribution in [0.2, 0.25) is 15.1 Å². The molecular formula is C14H15Cl3N2. The molecule has 0 fully saturated rings. The maximum Gasteiger partial charge on any atom is 0.0910 e. The minimum absolute atomic E-state index is 0.463. The van der Waals surface area contributed by atoms with Crippen LogP contribution in [0.15, 0.2) is 12.1 Å². The number of nitrogens with zero attached hydrogens (tertiary/aromatic N) is 1. The van der Waals surface area contributed by atoms with Crippen LogP contribution in [0.4, 0.5) is 0 Å². The second-order valence-electron chi connectivity index (χ2n) is 4.55. The Labute approximate surface area is 127 Å². The van der Waals surface area contributed by atoms with Gasteiger partial charge in [0.2, 0.25) is 0 Å². The van der Waals surface area contributed by atoms with Crippen LogP contribution in [0.1, 0.15) is 24.1 Å². The van der Waals surface area contributed by atoms with Gasteiger partial charge in [-0.1, -0.05) is 34.8 Å². The van der Waals surface area contributed by atoms with Crippen LogP contribution in [-0.2, 0) is 6.42 Å². The summed E-state index contributed by atoms with van der Waals surface area (Å²) in [4.78, 5) is 4.47. The van der Waals surface area contributed by atoms with Gasteiger partial charge in [-0.2, -0.15) is 0 Å². The molecule has 0 atom stereocenters. The monoisotopic (exact) mass is 316 g/mol. The molecular weight excluding hydrogens is 303 g/mol. The quantitative estimate of drug-likeness (QED) is 0.650. The largest absolute Gasteiger partial charge is 0.330 e. The molecule has 19 heavy (non-hydrogen) atoms. The van der Waals surface area contributed by atoms with Crippen molar-refractivity contribution < 1.29 is 0 Å². The third-order valence-corrected chi connectivity index (χ3v) is 4.11. The highest BCUT2D eigenvalue weighted by molar-refractivity contribution is 6.47. The fourth-order valence-electron chi connectivity index (χ4n) is 2.18. The summed E-state index contributed by atoms with van der Waals surface area (Å²) in [6, 6.07) is 3.68. The Morgan fingerprint density at radius 3 is 2.53 bits per heavy atom. The van der Waals surface area contributed by atoms with Crippen molar-refractivity contribution in [3.8, 4) is 0 Å². The van der Waals surface area contributed by atoms with E-state index in [9.17, 15) is 0 Å². The van der Waals surface area contributed by atoms with E-state index < -0.39 is 0 Å². The van der Waals surface area contributed by atoms with Crippen LogP contribution in [0.3, 0.4) is 0 Å². The minimum atomic E-state index is 0.463. The standard InChI is InChI=1S/C14H15Cl3N2/c1-8-6-9(4-2-3-5-18)12-13(17)10(15)7-11(16)14(12)19-8/h6-7H,2-5,18H2,1H3. The number of hydrogen-bond donors (Lipinski definition) is 1. The minimum Gasteiger partial charge on any atom is -0.330 e. The van der Waals surface area contributed by atoms with Crippen molar-refractivity contribution in [2.75, 3.05) is 6.54 Å². The Balaban J connectivity index is 2.61. The third kappa shape index (κ3) is 3.14. The van der Waals surface area contributed by atoms with Gasteiger partial charge in [-0.3, -0.25) is 4.98 Å². The summed E-state index contributed by atoms with van der Waals surface area (Å²) in [5, 5.41) is 2.39. The van der Waals surface area contributed by atoms with E-state index in [0.29, 0.717) is 21.6 Å². The Kier molecular flexibility index (Phi) is 4.91. The first kappa shape index (κ1) is 14.9. The molecule has 2 N–H and O–H groups in total. The molecule has 0 saturated heterocycles. The van der Waals surface area contributed by atoms with E-state index in [1.807, 2.05) is 13.0 Å². The van der Waals surface area contributed by atoms with Crippen LogP contribution in [-0.4, -0.2) is 11.5 Å². The number of benzene rings is 1. The van der Waals surface area contributed by atoms with E-state index in [0.717, 1.165) is 41.4 Å². The van der Waals surface area contributed by atoms with Gasteiger partial charge in [-0.25, -0.2) is 0 Å². The Morgan fingerprint density at radius 1 is 1.11 bits per heavy atom. The van der Waals surface area contributed by atoms with Gasteiger partial charge < -0.3 is 5.73 Å². The lowest BCUT2D eigenvalue weighted by Crippen LogP contribution is -2.00. The lowest BCUT2D eigenvalue weighted by molar-refractivity contribution is 0.746. The van der Waals surface area contributed by atoms with Crippen LogP contribution >= 0.6 is 34.8 Å². The van der Waals surface area contributed by atoms with Gasteiger partial charge in [0, 0.05) is 11.1 Å². The molecule has 2 rings (SSSR count). The number of aryl methyl sites for hydroxylation is 2. The number of rotatable bonds is 4. The summed E-state index contributed by atoms with van der Waals surface area (Å²) in [5.74, 6) is 0. The van der Waals surface area contributed by atoms with E-state index >= 15 is 0 Å². The molecule has 2 aromatic rings. The SMILES string of the molecule is Cc1cc(CCCCN)c2c(Cl)c(Cl)cc(Cl)c2n1. The first-order chi connectivity index (χ1) is 9.04. The number of pyridine rings is 1. The topological polar surface area (TPSA) is 38.9 Å². The van der Waals surface area contributed by atoms with Crippen LogP contribution in [0, 0.1) is 6.92 Å². The molecule has 0 amide bonds. The highest BCUT2D eigenvalue weighted by atomic mass is 35.5. The fraction of sp³-hybridized carbons (Fsp3) is 0.357. The summed E-state index contributed by atoms with van der Waals surface area (Å²) in [6.45, 7) is 2.64. The fourth-order valence-corrected chi connectivity index (χ4v) is 2.95. The number of aromatic nitrogens is 1. The third-order valence-electron chi connectivity index (χ3n) is 3.04. The highest BCUT2D eigenvalue weighted by Crippen LogP contribution is 2.37. The number of fused-ring (bicyclic) bond motifs is 1. The molecule has 2 nitrogen and oxygen atoms in total. The summed E-state index contributed by atoms with van der Waals surface area (Å²) in [5.41, 5.74) is 8.31. The first-order valence-electron chi connectivity index (χ1n) is 6.18. The van der Waals surface area contributed by atoms with Crippen molar-refractivity contribution in [1.29, 1.82) is 0 Å². The highest BCUT2D eigenvalue weighted by Gasteiger charge is 2.14. The average Bonchev–Trinajstić information content (AvgIpc) is 2.36. The lowest BCUT2D eigenvalue weighted by Gasteiger charge is -2.11. The van der Waals surface area contributed by atoms with Gasteiger partial charge in [-0.15, -0.1) is 0 Å². The van der Waals surface area contributed by atoms with Gasteiger partial charge in [0.25, 0.3) is 0 Å². The van der Waals surface area contributed by atoms with Crippen LogP contribution in [0.25, 0.3) is 10.9 Å². The molecule has 1 aromatic carbocycles. The van der Waals surface area contributed by atoms with Crippen molar-refractivity contribution in [2.45, 2.75) is 26.2 Å². The Bertz CT molecular complexity index is 611. The summed E-state index contributed by atoms with van der Waals surface area (Å²) >= 11 is 18.6. The molecule has 0 radical (unpaired) electrons. The van der Waals surface area contributed by atoms with Crippen LogP contribution in [0.5, 0.6) is 0 Å². The molecule has 0 bridgehead atoms. The molecule has 0 aliphatic heterocycles. The van der Waals surface area contributed by atoms with E-state index in [1.165, 1.54) is 0 Å². The van der Waals surface area contributed by atoms with E-state index in [-0.39, 0.29) is 0 Å². The molecule has 0 unspecified atom stereocenters. The van der Waals surface area contributed by atoms with Gasteiger partial charge in [-0.05, 0) is 50.4 Å². The maximum absolute atomic E-state index is 6.31. The van der Waals surface area contributed by atoms with Crippen molar-refractivity contribution in [2.24, 2.45) is 5.73 Å². The zero-order valence-corrected chi connectivity index (χ0v) is 12.9. The average molecular weight is 318 g/mol. The predicted octanol–water partition coefficient (Wildman–Crippen LogP) is 4.78. The second-order valence-corrected chi connectivity index (χ2v) is 5.74. The van der Waals surface area contributed by atoms with Crippen molar-refractivity contribution in [3.63, 3.8) is 0 Å². The zero-order valence-electron chi connectivity index (χ0n) is 10.6. The smallest absolute Gasteiger partial charge is 0.0910 e. The Morgan fingerprint density at radius 2 is 1.84 bits per heavy atom. The van der Waals surface area contributed by atoms with Gasteiger partial charge in [0.05, 0.1) is 20.6 Å². The number of unbranched alkanes of at least 4 members (excludes halogenated alkanes) is 1. The molecule has 0 spiro atoms. The molecule has 0 saturated carbocycles. The van der Waals surface area contributed by atoms with E-state index in [1.54, 1.807) is 6.07 Å². The zero-order chi connectivity index (χ0) is 14.0. The second kappa shape index (κ2) is 6.27. The summed E-state index contributed by atoms with van der Waals surface area (Å²) < 4.78 is 0. The maximum atomic E-state index is 6.31. The van der Waals surface area contributed by atoms with Gasteiger partial charge >= 0.3 is 0 Å². The summed E-state index contributed by atoms with van der Waals surface area (Å²) in [6.07, 6.45) is 2.89. The first-order valence-corrected chi connectivity index (χ1v) is 7.31. The van der Waals surface area contributed by atoms with Gasteiger partial charge in [0.15, 0.2) is 0 Å². The van der Waals surface area contributed by atoms with Crippen molar-refractivity contribution in [3.05, 3.63) is 38.5 Å². The molecule has 0 aliphatic rings. The molecule has 1 heterocycles. The normalized spacial score (nSPS) is 11.2. The van der Waals surface area contributed by atoms with E-state index in [4.69, 9.17) is 40.5 Å². The number of nitrogens with two attached hydrogens (primary N) is 1. The van der Waals surface area contributed by atoms with Crippen molar-refractivity contribution in [1.82, 2.24) is 4.98 Å².